The van der Waals surface area contributed by atoms with Crippen molar-refractivity contribution in [2.45, 2.75) is 45.7 Å². The molecule has 0 spiro atoms. The minimum Gasteiger partial charge on any atom is -0.482 e. The molecule has 0 radical (unpaired) electrons. The summed E-state index contributed by atoms with van der Waals surface area (Å²) in [5.74, 6) is 0.354. The van der Waals surface area contributed by atoms with E-state index in [0.717, 1.165) is 18.4 Å². The molecule has 0 bridgehead atoms. The highest BCUT2D eigenvalue weighted by Crippen LogP contribution is 2.27. The first kappa shape index (κ1) is 16.8. The first-order chi connectivity index (χ1) is 9.43. The van der Waals surface area contributed by atoms with Crippen LogP contribution in [-0.2, 0) is 4.79 Å². The number of carbonyl (C=O) groups is 1. The lowest BCUT2D eigenvalue weighted by Crippen LogP contribution is -2.35. The molecule has 0 fully saturated rings. The average molecular weight is 299 g/mol. The number of halogens is 1. The molecule has 1 amide bonds. The predicted molar refractivity (Wildman–Crippen MR) is 82.1 cm³/mol. The van der Waals surface area contributed by atoms with Gasteiger partial charge in [-0.1, -0.05) is 31.0 Å². The normalized spacial score (nSPS) is 13.7. The number of nitrogens with two attached hydrogens (primary N) is 1. The van der Waals surface area contributed by atoms with Gasteiger partial charge in [0.15, 0.2) is 6.61 Å². The van der Waals surface area contributed by atoms with Crippen LogP contribution >= 0.6 is 11.6 Å². The Kier molecular flexibility index (Phi) is 6.82. The minimum atomic E-state index is -0.140. The van der Waals surface area contributed by atoms with Crippen molar-refractivity contribution in [3.8, 4) is 5.75 Å². The molecule has 1 unspecified atom stereocenters. The molecule has 0 heterocycles. The molecule has 20 heavy (non-hydrogen) atoms. The van der Waals surface area contributed by atoms with Crippen LogP contribution < -0.4 is 15.8 Å². The van der Waals surface area contributed by atoms with E-state index in [9.17, 15) is 4.79 Å². The molecule has 0 saturated heterocycles. The lowest BCUT2D eigenvalue weighted by molar-refractivity contribution is -0.123. The van der Waals surface area contributed by atoms with E-state index in [1.807, 2.05) is 19.9 Å². The second kappa shape index (κ2) is 8.12. The molecule has 3 N–H and O–H groups in total. The van der Waals surface area contributed by atoms with Gasteiger partial charge in [-0.25, -0.2) is 0 Å². The highest BCUT2D eigenvalue weighted by molar-refractivity contribution is 6.32. The third kappa shape index (κ3) is 5.39. The molecule has 1 aromatic carbocycles. The number of carbonyl (C=O) groups excluding carboxylic acids is 1. The molecule has 4 nitrogen and oxygen atoms in total. The van der Waals surface area contributed by atoms with Crippen LogP contribution in [0.4, 0.5) is 0 Å². The maximum atomic E-state index is 11.7. The van der Waals surface area contributed by atoms with Gasteiger partial charge in [0.25, 0.3) is 5.91 Å². The third-order valence-corrected chi connectivity index (χ3v) is 3.26. The van der Waals surface area contributed by atoms with Crippen LogP contribution in [-0.4, -0.2) is 18.6 Å². The first-order valence-corrected chi connectivity index (χ1v) is 7.29. The van der Waals surface area contributed by atoms with Gasteiger partial charge in [0.2, 0.25) is 0 Å². The summed E-state index contributed by atoms with van der Waals surface area (Å²) in [5.41, 5.74) is 6.71. The Labute approximate surface area is 125 Å². The SMILES string of the molecule is CCCC(C)NC(=O)COc1ccc([C@H](C)N)cc1Cl. The predicted octanol–water partition coefficient (Wildman–Crippen LogP) is 3.04. The van der Waals surface area contributed by atoms with Gasteiger partial charge >= 0.3 is 0 Å². The van der Waals surface area contributed by atoms with Crippen LogP contribution in [0.2, 0.25) is 5.02 Å². The number of hydrogen-bond acceptors (Lipinski definition) is 3. The van der Waals surface area contributed by atoms with Gasteiger partial charge in [-0.15, -0.1) is 0 Å². The number of benzene rings is 1. The fourth-order valence-electron chi connectivity index (χ4n) is 1.88. The number of nitrogens with one attached hydrogen (secondary N) is 1. The Bertz CT molecular complexity index is 449. The van der Waals surface area contributed by atoms with E-state index in [1.165, 1.54) is 0 Å². The zero-order chi connectivity index (χ0) is 15.1. The fraction of sp³-hybridized carbons (Fsp3) is 0.533. The van der Waals surface area contributed by atoms with Crippen molar-refractivity contribution in [3.05, 3.63) is 28.8 Å². The van der Waals surface area contributed by atoms with Crippen molar-refractivity contribution in [3.63, 3.8) is 0 Å². The third-order valence-electron chi connectivity index (χ3n) is 2.97. The number of rotatable bonds is 7. The quantitative estimate of drug-likeness (QED) is 0.813. The second-order valence-electron chi connectivity index (χ2n) is 5.02. The van der Waals surface area contributed by atoms with E-state index in [-0.39, 0.29) is 24.6 Å². The van der Waals surface area contributed by atoms with Crippen molar-refractivity contribution in [1.29, 1.82) is 0 Å². The molecular weight excluding hydrogens is 276 g/mol. The second-order valence-corrected chi connectivity index (χ2v) is 5.43. The summed E-state index contributed by atoms with van der Waals surface area (Å²) in [6.45, 7) is 5.91. The van der Waals surface area contributed by atoms with Gasteiger partial charge in [-0.05, 0) is 38.0 Å². The van der Waals surface area contributed by atoms with Crippen LogP contribution in [0.1, 0.15) is 45.2 Å². The summed E-state index contributed by atoms with van der Waals surface area (Å²) in [6, 6.07) is 5.43. The molecule has 1 aromatic rings. The van der Waals surface area contributed by atoms with Gasteiger partial charge in [-0.2, -0.15) is 0 Å². The zero-order valence-electron chi connectivity index (χ0n) is 12.3. The van der Waals surface area contributed by atoms with Gasteiger partial charge < -0.3 is 15.8 Å². The number of ether oxygens (including phenoxy) is 1. The summed E-state index contributed by atoms with van der Waals surface area (Å²) < 4.78 is 5.43. The summed E-state index contributed by atoms with van der Waals surface area (Å²) in [7, 11) is 0. The van der Waals surface area contributed by atoms with Crippen molar-refractivity contribution >= 4 is 17.5 Å². The number of amides is 1. The Morgan fingerprint density at radius 3 is 2.70 bits per heavy atom. The first-order valence-electron chi connectivity index (χ1n) is 6.91. The molecule has 112 valence electrons. The number of hydrogen-bond donors (Lipinski definition) is 2. The Morgan fingerprint density at radius 2 is 2.15 bits per heavy atom. The lowest BCUT2D eigenvalue weighted by atomic mass is 10.1. The van der Waals surface area contributed by atoms with Crippen molar-refractivity contribution < 1.29 is 9.53 Å². The maximum absolute atomic E-state index is 11.7. The molecule has 0 saturated carbocycles. The van der Waals surface area contributed by atoms with Crippen molar-refractivity contribution in [2.24, 2.45) is 5.73 Å². The molecule has 2 atom stereocenters. The largest absolute Gasteiger partial charge is 0.482 e. The lowest BCUT2D eigenvalue weighted by Gasteiger charge is -2.14. The molecule has 0 aliphatic rings. The zero-order valence-corrected chi connectivity index (χ0v) is 13.0. The highest BCUT2D eigenvalue weighted by Gasteiger charge is 2.10. The van der Waals surface area contributed by atoms with Crippen molar-refractivity contribution in [2.75, 3.05) is 6.61 Å². The van der Waals surface area contributed by atoms with Crippen LogP contribution in [0.5, 0.6) is 5.75 Å². The molecular formula is C15H23ClN2O2. The maximum Gasteiger partial charge on any atom is 0.258 e. The molecule has 1 rings (SSSR count). The van der Waals surface area contributed by atoms with E-state index in [2.05, 4.69) is 12.2 Å². The standard InChI is InChI=1S/C15H23ClN2O2/c1-4-5-10(2)18-15(19)9-20-14-7-6-12(11(3)17)8-13(14)16/h6-8,10-11H,4-5,9,17H2,1-3H3,(H,18,19)/t10?,11-/m0/s1. The van der Waals surface area contributed by atoms with E-state index >= 15 is 0 Å². The van der Waals surface area contributed by atoms with Crippen LogP contribution in [0, 0.1) is 0 Å². The van der Waals surface area contributed by atoms with Crippen LogP contribution in [0.15, 0.2) is 18.2 Å². The summed E-state index contributed by atoms with van der Waals surface area (Å²) in [6.07, 6.45) is 1.99. The van der Waals surface area contributed by atoms with E-state index in [0.29, 0.717) is 10.8 Å². The average Bonchev–Trinajstić information content (AvgIpc) is 2.37. The fourth-order valence-corrected chi connectivity index (χ4v) is 2.13. The molecule has 0 aliphatic carbocycles. The van der Waals surface area contributed by atoms with Crippen molar-refractivity contribution in [1.82, 2.24) is 5.32 Å². The van der Waals surface area contributed by atoms with Crippen LogP contribution in [0.3, 0.4) is 0 Å². The smallest absolute Gasteiger partial charge is 0.258 e. The van der Waals surface area contributed by atoms with E-state index in [1.54, 1.807) is 12.1 Å². The molecule has 0 aliphatic heterocycles. The molecule has 5 heteroatoms. The van der Waals surface area contributed by atoms with E-state index < -0.39 is 0 Å². The topological polar surface area (TPSA) is 64.3 Å². The van der Waals surface area contributed by atoms with E-state index in [4.69, 9.17) is 22.1 Å². The summed E-state index contributed by atoms with van der Waals surface area (Å²) in [5, 5.41) is 3.34. The van der Waals surface area contributed by atoms with Gasteiger partial charge in [0.05, 0.1) is 5.02 Å². The monoisotopic (exact) mass is 298 g/mol. The Balaban J connectivity index is 2.51. The molecule has 0 aromatic heterocycles. The van der Waals surface area contributed by atoms with Gasteiger partial charge in [0.1, 0.15) is 5.75 Å². The summed E-state index contributed by atoms with van der Waals surface area (Å²) in [4.78, 5) is 11.7. The Morgan fingerprint density at radius 1 is 1.45 bits per heavy atom. The highest BCUT2D eigenvalue weighted by atomic mass is 35.5. The van der Waals surface area contributed by atoms with Crippen LogP contribution in [0.25, 0.3) is 0 Å². The minimum absolute atomic E-state index is 0.0364. The van der Waals surface area contributed by atoms with Gasteiger partial charge in [0, 0.05) is 12.1 Å². The van der Waals surface area contributed by atoms with Gasteiger partial charge in [-0.3, -0.25) is 4.79 Å². The Hall–Kier alpha value is -1.26. The summed E-state index contributed by atoms with van der Waals surface area (Å²) >= 11 is 6.10.